The van der Waals surface area contributed by atoms with Crippen molar-refractivity contribution in [1.82, 2.24) is 14.6 Å². The van der Waals surface area contributed by atoms with Crippen LogP contribution >= 0.6 is 11.3 Å². The molecule has 5 aromatic rings. The molecule has 0 radical (unpaired) electrons. The van der Waals surface area contributed by atoms with Gasteiger partial charge in [-0.25, -0.2) is 4.39 Å². The third-order valence-electron chi connectivity index (χ3n) is 6.09. The van der Waals surface area contributed by atoms with Crippen LogP contribution in [0.2, 0.25) is 0 Å². The van der Waals surface area contributed by atoms with Crippen LogP contribution < -0.4 is 25.0 Å². The van der Waals surface area contributed by atoms with E-state index >= 15 is 0 Å². The largest absolute Gasteiger partial charge is 0.497 e. The summed E-state index contributed by atoms with van der Waals surface area (Å²) in [5.41, 5.74) is 1.91. The molecule has 1 aliphatic heterocycles. The molecule has 6 rings (SSSR count). The van der Waals surface area contributed by atoms with E-state index in [9.17, 15) is 18.8 Å². The smallest absolute Gasteiger partial charge is 0.291 e. The van der Waals surface area contributed by atoms with Crippen molar-refractivity contribution in [2.24, 2.45) is 0 Å². The number of para-hydroxylation sites is 1. The highest BCUT2D eigenvalue weighted by molar-refractivity contribution is 7.15. The van der Waals surface area contributed by atoms with Crippen LogP contribution in [-0.2, 0) is 9.59 Å². The normalized spacial score (nSPS) is 14.2. The third-order valence-corrected chi connectivity index (χ3v) is 7.12. The van der Waals surface area contributed by atoms with Crippen molar-refractivity contribution >= 4 is 45.1 Å². The number of hydrogen-bond donors (Lipinski definition) is 1. The van der Waals surface area contributed by atoms with Gasteiger partial charge in [-0.1, -0.05) is 29.5 Å². The molecule has 0 saturated carbocycles. The number of nitrogens with one attached hydrogen (secondary N) is 1. The van der Waals surface area contributed by atoms with Crippen LogP contribution in [-0.4, -0.2) is 40.1 Å². The molecule has 0 atom stereocenters. The van der Waals surface area contributed by atoms with Gasteiger partial charge in [0.1, 0.15) is 22.6 Å². The Morgan fingerprint density at radius 3 is 2.47 bits per heavy atom. The van der Waals surface area contributed by atoms with Gasteiger partial charge in [-0.3, -0.25) is 19.3 Å². The van der Waals surface area contributed by atoms with Crippen LogP contribution in [0.5, 0.6) is 5.75 Å². The molecule has 2 aromatic heterocycles. The molecule has 0 fully saturated rings. The summed E-state index contributed by atoms with van der Waals surface area (Å²) in [5, 5.41) is 7.02. The molecule has 0 spiro atoms. The van der Waals surface area contributed by atoms with E-state index in [1.807, 2.05) is 0 Å². The number of thiazole rings is 1. The fraction of sp³-hybridized carbons (Fsp3) is 0.0741. The van der Waals surface area contributed by atoms with E-state index in [1.165, 1.54) is 33.7 Å². The molecule has 188 valence electrons. The van der Waals surface area contributed by atoms with Gasteiger partial charge in [0.15, 0.2) is 5.82 Å². The van der Waals surface area contributed by atoms with E-state index in [0.29, 0.717) is 33.5 Å². The number of ether oxygens (including phenoxy) is 1. The van der Waals surface area contributed by atoms with Crippen molar-refractivity contribution in [3.8, 4) is 17.1 Å². The fourth-order valence-corrected chi connectivity index (χ4v) is 5.28. The van der Waals surface area contributed by atoms with Gasteiger partial charge in [0.05, 0.1) is 18.4 Å². The molecule has 3 aromatic carbocycles. The van der Waals surface area contributed by atoms with Gasteiger partial charge >= 0.3 is 0 Å². The Hall–Kier alpha value is -4.90. The van der Waals surface area contributed by atoms with Gasteiger partial charge in [-0.05, 0) is 54.6 Å². The molecule has 11 heteroatoms. The second-order valence-electron chi connectivity index (χ2n) is 8.43. The Kier molecular flexibility index (Phi) is 5.69. The second-order valence-corrected chi connectivity index (χ2v) is 9.41. The molecule has 1 N–H and O–H groups in total. The molecular formula is C27H18FN5O4S. The summed E-state index contributed by atoms with van der Waals surface area (Å²) in [5.74, 6) is -0.295. The topological polar surface area (TPSA) is 106 Å². The van der Waals surface area contributed by atoms with E-state index in [2.05, 4.69) is 15.4 Å². The molecule has 3 heterocycles. The number of hydrogen-bond acceptors (Lipinski definition) is 7. The molecule has 0 bridgehead atoms. The Balaban J connectivity index is 1.37. The van der Waals surface area contributed by atoms with Crippen molar-refractivity contribution in [3.05, 3.63) is 99.1 Å². The molecule has 1 aliphatic rings. The maximum Gasteiger partial charge on any atom is 0.291 e. The zero-order chi connectivity index (χ0) is 26.4. The monoisotopic (exact) mass is 527 g/mol. The summed E-state index contributed by atoms with van der Waals surface area (Å²) in [6.07, 6.45) is 0. The first-order valence-electron chi connectivity index (χ1n) is 11.5. The minimum absolute atomic E-state index is 0.195. The van der Waals surface area contributed by atoms with Crippen LogP contribution in [0.15, 0.2) is 77.6 Å². The summed E-state index contributed by atoms with van der Waals surface area (Å²) in [6.45, 7) is -0.284. The molecule has 9 nitrogen and oxygen atoms in total. The lowest BCUT2D eigenvalue weighted by Crippen LogP contribution is -2.37. The maximum atomic E-state index is 13.6. The molecule has 0 saturated heterocycles. The summed E-state index contributed by atoms with van der Waals surface area (Å²) in [6, 6.07) is 19.4. The van der Waals surface area contributed by atoms with Gasteiger partial charge in [0.2, 0.25) is 10.9 Å². The number of nitrogens with zero attached hydrogens (tertiary/aromatic N) is 4. The van der Waals surface area contributed by atoms with E-state index in [4.69, 9.17) is 4.74 Å². The molecular weight excluding hydrogens is 509 g/mol. The first-order valence-corrected chi connectivity index (χ1v) is 12.3. The van der Waals surface area contributed by atoms with Gasteiger partial charge in [0, 0.05) is 16.8 Å². The van der Waals surface area contributed by atoms with Gasteiger partial charge in [-0.15, -0.1) is 5.10 Å². The van der Waals surface area contributed by atoms with Gasteiger partial charge in [0.25, 0.3) is 11.5 Å². The SMILES string of the molecule is COc1ccc(-c2nc3sc(=C4C(=O)N(CC(=O)Nc5ccc(F)cc5)c5ccccc54)c(=O)n3n2)cc1. The first kappa shape index (κ1) is 23.5. The van der Waals surface area contributed by atoms with E-state index in [1.54, 1.807) is 55.6 Å². The van der Waals surface area contributed by atoms with Crippen LogP contribution in [0, 0.1) is 5.82 Å². The minimum Gasteiger partial charge on any atom is -0.497 e. The van der Waals surface area contributed by atoms with E-state index in [-0.39, 0.29) is 16.7 Å². The standard InChI is InChI=1S/C27H18FN5O4S/c1-37-18-12-6-15(7-13-18)24-30-27-33(31-24)26(36)23(38-27)22-19-4-2-3-5-20(19)32(25(22)35)14-21(34)29-17-10-8-16(28)9-11-17/h2-13H,14H2,1H3,(H,29,34). The molecule has 0 aliphatic carbocycles. The van der Waals surface area contributed by atoms with Crippen LogP contribution in [0.3, 0.4) is 0 Å². The molecule has 0 unspecified atom stereocenters. The quantitative estimate of drug-likeness (QED) is 0.377. The highest BCUT2D eigenvalue weighted by Gasteiger charge is 2.35. The number of fused-ring (bicyclic) bond motifs is 2. The fourth-order valence-electron chi connectivity index (χ4n) is 4.28. The Morgan fingerprint density at radius 2 is 1.76 bits per heavy atom. The van der Waals surface area contributed by atoms with Crippen molar-refractivity contribution in [2.75, 3.05) is 23.9 Å². The second kappa shape index (κ2) is 9.20. The van der Waals surface area contributed by atoms with Crippen molar-refractivity contribution < 1.29 is 18.7 Å². The van der Waals surface area contributed by atoms with Crippen molar-refractivity contribution in [1.29, 1.82) is 0 Å². The molecule has 38 heavy (non-hydrogen) atoms. The number of rotatable bonds is 5. The number of amides is 2. The highest BCUT2D eigenvalue weighted by Crippen LogP contribution is 2.35. The number of halogens is 1. The Morgan fingerprint density at radius 1 is 1.03 bits per heavy atom. The number of anilines is 2. The van der Waals surface area contributed by atoms with Gasteiger partial charge < -0.3 is 10.1 Å². The average molecular weight is 528 g/mol. The van der Waals surface area contributed by atoms with Crippen LogP contribution in [0.1, 0.15) is 5.56 Å². The lowest BCUT2D eigenvalue weighted by atomic mass is 10.1. The summed E-state index contributed by atoms with van der Waals surface area (Å²) >= 11 is 1.07. The van der Waals surface area contributed by atoms with Crippen LogP contribution in [0.25, 0.3) is 21.9 Å². The van der Waals surface area contributed by atoms with Crippen molar-refractivity contribution in [2.45, 2.75) is 0 Å². The predicted molar refractivity (Wildman–Crippen MR) is 141 cm³/mol. The number of aromatic nitrogens is 3. The summed E-state index contributed by atoms with van der Waals surface area (Å²) in [4.78, 5) is 45.8. The summed E-state index contributed by atoms with van der Waals surface area (Å²) < 4.78 is 19.7. The Bertz CT molecular complexity index is 1830. The lowest BCUT2D eigenvalue weighted by Gasteiger charge is -2.16. The van der Waals surface area contributed by atoms with Gasteiger partial charge in [-0.2, -0.15) is 9.50 Å². The third kappa shape index (κ3) is 3.98. The Labute approximate surface area is 218 Å². The predicted octanol–water partition coefficient (Wildman–Crippen LogP) is 2.87. The molecule has 2 amide bonds. The summed E-state index contributed by atoms with van der Waals surface area (Å²) in [7, 11) is 1.57. The minimum atomic E-state index is -0.475. The zero-order valence-corrected chi connectivity index (χ0v) is 20.7. The van der Waals surface area contributed by atoms with E-state index in [0.717, 1.165) is 16.9 Å². The first-order chi connectivity index (χ1) is 18.4. The maximum absolute atomic E-state index is 13.6. The zero-order valence-electron chi connectivity index (χ0n) is 19.8. The number of carbonyl (C=O) groups is 2. The van der Waals surface area contributed by atoms with Crippen LogP contribution in [0.4, 0.5) is 15.8 Å². The highest BCUT2D eigenvalue weighted by atomic mass is 32.1. The van der Waals surface area contributed by atoms with Crippen molar-refractivity contribution in [3.63, 3.8) is 0 Å². The number of carbonyl (C=O) groups excluding carboxylic acids is 2. The average Bonchev–Trinajstić information content (AvgIpc) is 3.56. The number of benzene rings is 3. The van der Waals surface area contributed by atoms with E-state index < -0.39 is 23.2 Å². The number of methoxy groups -OCH3 is 1. The lowest BCUT2D eigenvalue weighted by molar-refractivity contribution is -0.118.